The number of nitrogens with zero attached hydrogens (tertiary/aromatic N) is 2. The minimum Gasteiger partial charge on any atom is -0.481 e. The van der Waals surface area contributed by atoms with Crippen molar-refractivity contribution in [3.63, 3.8) is 0 Å². The molecule has 0 fully saturated rings. The van der Waals surface area contributed by atoms with Crippen molar-refractivity contribution in [3.8, 4) is 5.88 Å². The lowest BCUT2D eigenvalue weighted by Crippen LogP contribution is -1.93. The van der Waals surface area contributed by atoms with Crippen LogP contribution in [-0.2, 0) is 0 Å². The zero-order chi connectivity index (χ0) is 9.68. The fourth-order valence-electron chi connectivity index (χ4n) is 0.816. The lowest BCUT2D eigenvalue weighted by Gasteiger charge is -1.99. The highest BCUT2D eigenvalue weighted by molar-refractivity contribution is 6.29. The van der Waals surface area contributed by atoms with Gasteiger partial charge in [0.1, 0.15) is 5.15 Å². The minimum atomic E-state index is 0.391. The number of allylic oxidation sites excluding steroid dienone is 1. The molecule has 0 unspecified atom stereocenters. The predicted octanol–water partition coefficient (Wildman–Crippen LogP) is 2.56. The molecule has 4 heteroatoms. The van der Waals surface area contributed by atoms with E-state index in [1.54, 1.807) is 13.2 Å². The quantitative estimate of drug-likeness (QED) is 0.701. The van der Waals surface area contributed by atoms with E-state index in [4.69, 9.17) is 16.3 Å². The average Bonchev–Trinajstić information content (AvgIpc) is 2.14. The molecule has 0 amide bonds. The molecule has 1 aromatic rings. The van der Waals surface area contributed by atoms with Crippen LogP contribution in [0, 0.1) is 0 Å². The van der Waals surface area contributed by atoms with Crippen LogP contribution in [0.4, 0.5) is 0 Å². The van der Waals surface area contributed by atoms with Crippen molar-refractivity contribution in [2.75, 3.05) is 7.11 Å². The van der Waals surface area contributed by atoms with Gasteiger partial charge in [-0.25, -0.2) is 4.98 Å². The number of ether oxygens (including phenoxy) is 1. The molecule has 0 saturated heterocycles. The van der Waals surface area contributed by atoms with Gasteiger partial charge in [-0.05, 0) is 12.5 Å². The molecule has 0 aliphatic rings. The Bertz CT molecular complexity index is 312. The average molecular weight is 199 g/mol. The van der Waals surface area contributed by atoms with E-state index in [0.717, 1.165) is 6.42 Å². The van der Waals surface area contributed by atoms with Gasteiger partial charge in [-0.3, -0.25) is 0 Å². The van der Waals surface area contributed by atoms with E-state index in [2.05, 4.69) is 9.97 Å². The van der Waals surface area contributed by atoms with E-state index in [1.807, 2.05) is 19.1 Å². The number of methoxy groups -OCH3 is 1. The summed E-state index contributed by atoms with van der Waals surface area (Å²) < 4.78 is 4.95. The van der Waals surface area contributed by atoms with Crippen LogP contribution in [-0.4, -0.2) is 17.1 Å². The zero-order valence-corrected chi connectivity index (χ0v) is 8.38. The molecule has 70 valence electrons. The van der Waals surface area contributed by atoms with Crippen LogP contribution in [0.2, 0.25) is 5.15 Å². The number of rotatable bonds is 3. The topological polar surface area (TPSA) is 35.0 Å². The Labute approximate surface area is 82.4 Å². The molecule has 0 N–H and O–H groups in total. The minimum absolute atomic E-state index is 0.391. The Morgan fingerprint density at radius 1 is 1.54 bits per heavy atom. The smallest absolute Gasteiger partial charge is 0.218 e. The maximum atomic E-state index is 5.74. The highest BCUT2D eigenvalue weighted by atomic mass is 35.5. The molecule has 3 nitrogen and oxygen atoms in total. The third-order valence-corrected chi connectivity index (χ3v) is 1.59. The van der Waals surface area contributed by atoms with Crippen LogP contribution >= 0.6 is 11.6 Å². The summed E-state index contributed by atoms with van der Waals surface area (Å²) in [7, 11) is 1.55. The Morgan fingerprint density at radius 2 is 2.31 bits per heavy atom. The maximum absolute atomic E-state index is 5.74. The van der Waals surface area contributed by atoms with E-state index in [-0.39, 0.29) is 0 Å². The summed E-state index contributed by atoms with van der Waals surface area (Å²) in [4.78, 5) is 8.09. The first-order valence-electron chi connectivity index (χ1n) is 4.01. The standard InChI is InChI=1S/C9H11ClN2O/c1-3-4-5-8-11-7(10)6-9(12-8)13-2/h4-6H,3H2,1-2H3/b5-4+. The Hall–Kier alpha value is -1.09. The fourth-order valence-corrected chi connectivity index (χ4v) is 0.996. The number of hydrogen-bond acceptors (Lipinski definition) is 3. The first kappa shape index (κ1) is 9.99. The zero-order valence-electron chi connectivity index (χ0n) is 7.62. The van der Waals surface area contributed by atoms with Crippen molar-refractivity contribution in [2.45, 2.75) is 13.3 Å². The van der Waals surface area contributed by atoms with Crippen LogP contribution in [0.1, 0.15) is 19.2 Å². The Morgan fingerprint density at radius 3 is 2.92 bits per heavy atom. The molecule has 0 radical (unpaired) electrons. The summed E-state index contributed by atoms with van der Waals surface area (Å²) >= 11 is 5.74. The van der Waals surface area contributed by atoms with Crippen molar-refractivity contribution in [3.05, 3.63) is 23.1 Å². The lowest BCUT2D eigenvalue weighted by atomic mass is 10.4. The lowest BCUT2D eigenvalue weighted by molar-refractivity contribution is 0.396. The largest absolute Gasteiger partial charge is 0.481 e. The molecule has 1 aromatic heterocycles. The van der Waals surface area contributed by atoms with Crippen LogP contribution in [0.3, 0.4) is 0 Å². The third kappa shape index (κ3) is 3.03. The molecule has 0 spiro atoms. The van der Waals surface area contributed by atoms with Gasteiger partial charge in [-0.1, -0.05) is 24.6 Å². The van der Waals surface area contributed by atoms with Crippen LogP contribution in [0.25, 0.3) is 6.08 Å². The molecular formula is C9H11ClN2O. The van der Waals surface area contributed by atoms with Gasteiger partial charge in [0.2, 0.25) is 5.88 Å². The molecule has 0 aliphatic heterocycles. The van der Waals surface area contributed by atoms with Gasteiger partial charge in [0.15, 0.2) is 5.82 Å². The molecular weight excluding hydrogens is 188 g/mol. The number of halogens is 1. The molecule has 0 atom stereocenters. The second-order valence-electron chi connectivity index (χ2n) is 2.40. The molecule has 13 heavy (non-hydrogen) atoms. The SMILES string of the molecule is CC/C=C/c1nc(Cl)cc(OC)n1. The summed E-state index contributed by atoms with van der Waals surface area (Å²) in [5.41, 5.74) is 0. The predicted molar refractivity (Wildman–Crippen MR) is 52.9 cm³/mol. The van der Waals surface area contributed by atoms with E-state index in [9.17, 15) is 0 Å². The highest BCUT2D eigenvalue weighted by Crippen LogP contribution is 2.13. The first-order valence-corrected chi connectivity index (χ1v) is 4.39. The first-order chi connectivity index (χ1) is 6.26. The van der Waals surface area contributed by atoms with Crippen molar-refractivity contribution in [1.29, 1.82) is 0 Å². The van der Waals surface area contributed by atoms with Crippen LogP contribution < -0.4 is 4.74 Å². The molecule has 0 aliphatic carbocycles. The van der Waals surface area contributed by atoms with E-state index < -0.39 is 0 Å². The second-order valence-corrected chi connectivity index (χ2v) is 2.79. The van der Waals surface area contributed by atoms with E-state index in [0.29, 0.717) is 16.9 Å². The molecule has 0 aromatic carbocycles. The highest BCUT2D eigenvalue weighted by Gasteiger charge is 1.99. The monoisotopic (exact) mass is 198 g/mol. The van der Waals surface area contributed by atoms with Crippen LogP contribution in [0.5, 0.6) is 5.88 Å². The molecule has 0 saturated carbocycles. The van der Waals surface area contributed by atoms with Gasteiger partial charge in [0.05, 0.1) is 7.11 Å². The normalized spacial score (nSPS) is 10.7. The van der Waals surface area contributed by atoms with Gasteiger partial charge in [-0.15, -0.1) is 0 Å². The van der Waals surface area contributed by atoms with Crippen molar-refractivity contribution < 1.29 is 4.74 Å². The Kier molecular flexibility index (Phi) is 3.71. The maximum Gasteiger partial charge on any atom is 0.218 e. The third-order valence-electron chi connectivity index (χ3n) is 1.40. The molecule has 1 rings (SSSR count). The van der Waals surface area contributed by atoms with Crippen molar-refractivity contribution >= 4 is 17.7 Å². The summed E-state index contributed by atoms with van der Waals surface area (Å²) in [6.45, 7) is 2.04. The van der Waals surface area contributed by atoms with Crippen LogP contribution in [0.15, 0.2) is 12.1 Å². The van der Waals surface area contributed by atoms with Gasteiger partial charge >= 0.3 is 0 Å². The summed E-state index contributed by atoms with van der Waals surface area (Å²) in [6, 6.07) is 1.57. The second kappa shape index (κ2) is 4.82. The van der Waals surface area contributed by atoms with Gasteiger partial charge in [0.25, 0.3) is 0 Å². The van der Waals surface area contributed by atoms with Crippen molar-refractivity contribution in [2.24, 2.45) is 0 Å². The summed E-state index contributed by atoms with van der Waals surface area (Å²) in [5, 5.41) is 0.391. The fraction of sp³-hybridized carbons (Fsp3) is 0.333. The van der Waals surface area contributed by atoms with E-state index >= 15 is 0 Å². The summed E-state index contributed by atoms with van der Waals surface area (Å²) in [5.74, 6) is 1.06. The van der Waals surface area contributed by atoms with E-state index in [1.165, 1.54) is 0 Å². The molecule has 0 bridgehead atoms. The number of aromatic nitrogens is 2. The summed E-state index contributed by atoms with van der Waals surface area (Å²) in [6.07, 6.45) is 4.72. The molecule has 1 heterocycles. The van der Waals surface area contributed by atoms with Gasteiger partial charge in [0, 0.05) is 6.07 Å². The Balaban J connectivity index is 2.94. The van der Waals surface area contributed by atoms with Gasteiger partial charge in [-0.2, -0.15) is 4.98 Å². The van der Waals surface area contributed by atoms with Crippen molar-refractivity contribution in [1.82, 2.24) is 9.97 Å². The van der Waals surface area contributed by atoms with Gasteiger partial charge < -0.3 is 4.74 Å². The number of hydrogen-bond donors (Lipinski definition) is 0.